The van der Waals surface area contributed by atoms with Crippen LogP contribution in [0.5, 0.6) is 17.2 Å². The number of guanidine groups is 2. The number of nitrogens with zero attached hydrogens (tertiary/aromatic N) is 2. The highest BCUT2D eigenvalue weighted by Crippen LogP contribution is 2.40. The number of ether oxygens (including phenoxy) is 4. The summed E-state index contributed by atoms with van der Waals surface area (Å²) in [5.74, 6) is -3.39. The van der Waals surface area contributed by atoms with Crippen LogP contribution in [0.15, 0.2) is 54.6 Å². The van der Waals surface area contributed by atoms with Gasteiger partial charge in [0.1, 0.15) is 58.0 Å². The molecule has 0 saturated heterocycles. The number of allylic oxidation sites excluding steroid dienone is 4. The van der Waals surface area contributed by atoms with E-state index in [1.54, 1.807) is 0 Å². The molecule has 1 aromatic heterocycles. The first-order valence-corrected chi connectivity index (χ1v) is 29.3. The lowest BCUT2D eigenvalue weighted by atomic mass is 9.93. The van der Waals surface area contributed by atoms with E-state index in [1.807, 2.05) is 46.8 Å². The van der Waals surface area contributed by atoms with Gasteiger partial charge in [-0.1, -0.05) is 49.5 Å². The molecule has 2 aromatic carbocycles. The average molecular weight is 1180 g/mol. The number of fused-ring (bicyclic) bond motifs is 2. The summed E-state index contributed by atoms with van der Waals surface area (Å²) in [4.78, 5) is 101. The lowest BCUT2D eigenvalue weighted by Crippen LogP contribution is -2.50. The molecule has 84 heavy (non-hydrogen) atoms. The Bertz CT molecular complexity index is 2830. The summed E-state index contributed by atoms with van der Waals surface area (Å²) in [6, 6.07) is 1.72. The Hall–Kier alpha value is -7.53. The molecule has 0 saturated carbocycles. The van der Waals surface area contributed by atoms with Crippen molar-refractivity contribution in [3.05, 3.63) is 62.3 Å². The smallest absolute Gasteiger partial charge is 0.328 e. The van der Waals surface area contributed by atoms with Crippen LogP contribution in [0.3, 0.4) is 0 Å². The predicted octanol–water partition coefficient (Wildman–Crippen LogP) is 5.05. The van der Waals surface area contributed by atoms with E-state index in [4.69, 9.17) is 46.3 Å². The molecule has 23 heteroatoms. The number of phenolic OH excluding ortho intramolecular Hbond substituents is 1. The van der Waals surface area contributed by atoms with Crippen molar-refractivity contribution in [3.63, 3.8) is 0 Å². The van der Waals surface area contributed by atoms with Gasteiger partial charge in [0, 0.05) is 73.9 Å². The summed E-state index contributed by atoms with van der Waals surface area (Å²) in [6.45, 7) is 10.6. The molecule has 0 radical (unpaired) electrons. The second kappa shape index (κ2) is 38.3. The number of quaternary nitrogens is 1. The summed E-state index contributed by atoms with van der Waals surface area (Å²) >= 11 is 0. The number of unbranched alkanes of at least 4 members (excludes halogenated alkanes) is 3. The lowest BCUT2D eigenvalue weighted by molar-refractivity contribution is -0.368. The van der Waals surface area contributed by atoms with Crippen molar-refractivity contribution < 1.29 is 68.1 Å². The Morgan fingerprint density at radius 1 is 0.702 bits per heavy atom. The van der Waals surface area contributed by atoms with E-state index >= 15 is 0 Å². The minimum absolute atomic E-state index is 0.00533. The summed E-state index contributed by atoms with van der Waals surface area (Å²) in [7, 11) is 1.26. The first-order chi connectivity index (χ1) is 40.2. The lowest BCUT2D eigenvalue weighted by Gasteiger charge is -2.22. The quantitative estimate of drug-likeness (QED) is 0.00681. The van der Waals surface area contributed by atoms with Crippen molar-refractivity contribution in [2.75, 3.05) is 46.6 Å². The van der Waals surface area contributed by atoms with Crippen LogP contribution in [0.1, 0.15) is 160 Å². The fourth-order valence-corrected chi connectivity index (χ4v) is 9.65. The molecular weight excluding hydrogens is 1080 g/mol. The molecule has 23 nitrogen and oxygen atoms in total. The van der Waals surface area contributed by atoms with Crippen molar-refractivity contribution >= 4 is 69.7 Å². The van der Waals surface area contributed by atoms with E-state index in [9.17, 15) is 43.8 Å². The fraction of sp³-hybridized carbons (Fsp3) is 0.590. The molecule has 0 aliphatic rings. The Morgan fingerprint density at radius 3 is 1.73 bits per heavy atom. The molecule has 0 fully saturated rings. The number of ketones is 2. The molecule has 0 unspecified atom stereocenters. The highest BCUT2D eigenvalue weighted by molar-refractivity contribution is 5.97. The summed E-state index contributed by atoms with van der Waals surface area (Å²) < 4.78 is 29.0. The standard InChI is InChI=1S/C61H93N9O14/c1-7-8-9-21-48(59(79)80-6)70-58(78)41(17-13-28-68-61(65)66)32-44(74)19-14-29-82-49-33-52-54(55(75)46(49)25-23-39(4)5)56(76)53-45(24-22-38(2)3)47(35-71)50(34-51(53)84-52)83-30-15-20-43(73)31-40(16-12-27-67-60(63)64)57(77)69-42(36-81-37-72)18-10-11-26-62/h22-23,33-34,37,40-42,48,71,75H,7-21,24-32,35-36,62H2,1-6H3,(H,69,77)(H,70,78)(H4,63,64,67)(H4,65,66,68)/p+1/t40-,41-,42+,48+/m0/s1. The molecule has 2 amide bonds. The van der Waals surface area contributed by atoms with Gasteiger partial charge >= 0.3 is 5.97 Å². The first kappa shape index (κ1) is 70.7. The van der Waals surface area contributed by atoms with E-state index in [0.717, 1.165) is 36.8 Å². The molecule has 0 bridgehead atoms. The van der Waals surface area contributed by atoms with Crippen molar-refractivity contribution in [1.29, 1.82) is 0 Å². The minimum Gasteiger partial charge on any atom is -0.507 e. The highest BCUT2D eigenvalue weighted by atomic mass is 16.5. The average Bonchev–Trinajstić information content (AvgIpc) is 1.23. The number of aliphatic hydroxyl groups excluding tert-OH is 1. The van der Waals surface area contributed by atoms with Crippen molar-refractivity contribution in [2.45, 2.75) is 175 Å². The van der Waals surface area contributed by atoms with Gasteiger partial charge in [-0.2, -0.15) is 0 Å². The molecule has 4 atom stereocenters. The van der Waals surface area contributed by atoms with E-state index in [0.29, 0.717) is 68.2 Å². The number of aliphatic imine (C=N–C) groups is 2. The second-order valence-corrected chi connectivity index (χ2v) is 21.6. The third-order valence-corrected chi connectivity index (χ3v) is 14.1. The molecule has 0 aliphatic carbocycles. The molecule has 0 aliphatic heterocycles. The van der Waals surface area contributed by atoms with E-state index in [-0.39, 0.29) is 159 Å². The van der Waals surface area contributed by atoms with Gasteiger partial charge in [-0.05, 0) is 110 Å². The van der Waals surface area contributed by atoms with Crippen LogP contribution in [0.2, 0.25) is 0 Å². The number of hydrogen-bond donors (Lipinski definition) is 9. The monoisotopic (exact) mass is 1180 g/mol. The number of nitrogens with two attached hydrogens (primary N) is 4. The van der Waals surface area contributed by atoms with Gasteiger partial charge in [-0.15, -0.1) is 0 Å². The van der Waals surface area contributed by atoms with Crippen LogP contribution in [0.25, 0.3) is 21.9 Å². The zero-order chi connectivity index (χ0) is 62.1. The number of aliphatic hydroxyl groups is 1. The SMILES string of the molecule is CCCCC[C@@H](NC(=O)[C@@H](CCCN=C(N)N)CC(=O)CCCOc1cc2oc3cc(OCCCC(=O)C[C@H](CCCN=C(N)N)C(=O)N[C@H](CCCC[NH3+])COC=O)c(CO)c(CC=C(C)C)c3c(=O)c2c(O)c1CC=C(C)C)C(=O)OC. The van der Waals surface area contributed by atoms with Crippen LogP contribution >= 0.6 is 0 Å². The van der Waals surface area contributed by atoms with Gasteiger partial charge in [-0.3, -0.25) is 38.8 Å². The van der Waals surface area contributed by atoms with Crippen LogP contribution < -0.4 is 54.2 Å². The van der Waals surface area contributed by atoms with E-state index < -0.39 is 47.8 Å². The molecule has 466 valence electrons. The number of Topliss-reactive ketones (excluding diaryl/α,β-unsaturated/α-hetero) is 2. The maximum Gasteiger partial charge on any atom is 0.328 e. The van der Waals surface area contributed by atoms with Gasteiger partial charge in [0.15, 0.2) is 11.9 Å². The maximum absolute atomic E-state index is 14.8. The number of carbonyl (C=O) groups excluding carboxylic acids is 6. The topological polar surface area (TPSA) is 391 Å². The predicted molar refractivity (Wildman–Crippen MR) is 323 cm³/mol. The van der Waals surface area contributed by atoms with Crippen molar-refractivity contribution in [3.8, 4) is 17.2 Å². The van der Waals surface area contributed by atoms with Crippen LogP contribution in [0, 0.1) is 11.8 Å². The highest BCUT2D eigenvalue weighted by Gasteiger charge is 2.29. The number of nitrogens with one attached hydrogen (secondary N) is 2. The summed E-state index contributed by atoms with van der Waals surface area (Å²) in [5, 5.41) is 28.7. The van der Waals surface area contributed by atoms with Crippen LogP contribution in [0.4, 0.5) is 0 Å². The molecule has 15 N–H and O–H groups in total. The number of amides is 2. The number of methoxy groups -OCH3 is 1. The van der Waals surface area contributed by atoms with Gasteiger partial charge in [0.05, 0.1) is 44.9 Å². The maximum atomic E-state index is 14.8. The Morgan fingerprint density at radius 2 is 1.23 bits per heavy atom. The fourth-order valence-electron chi connectivity index (χ4n) is 9.65. The minimum atomic E-state index is -0.863. The van der Waals surface area contributed by atoms with Crippen molar-refractivity contribution in [2.24, 2.45) is 44.8 Å². The van der Waals surface area contributed by atoms with Gasteiger partial charge < -0.3 is 72.9 Å². The first-order valence-electron chi connectivity index (χ1n) is 29.3. The zero-order valence-corrected chi connectivity index (χ0v) is 50.3. The van der Waals surface area contributed by atoms with Gasteiger partial charge in [0.25, 0.3) is 6.47 Å². The number of rotatable bonds is 43. The Labute approximate surface area is 493 Å². The zero-order valence-electron chi connectivity index (χ0n) is 50.3. The number of phenols is 1. The second-order valence-electron chi connectivity index (χ2n) is 21.6. The Balaban J connectivity index is 1.94. The number of carbonyl (C=O) groups is 6. The summed E-state index contributed by atoms with van der Waals surface area (Å²) in [6.07, 6.45) is 11.0. The normalized spacial score (nSPS) is 12.5. The summed E-state index contributed by atoms with van der Waals surface area (Å²) in [5.41, 5.74) is 28.4. The third kappa shape index (κ3) is 24.4. The largest absolute Gasteiger partial charge is 0.507 e. The number of aromatic hydroxyl groups is 1. The number of hydrogen-bond acceptors (Lipinski definition) is 16. The van der Waals surface area contributed by atoms with Gasteiger partial charge in [-0.25, -0.2) is 4.79 Å². The molecule has 3 aromatic rings. The van der Waals surface area contributed by atoms with Crippen molar-refractivity contribution in [1.82, 2.24) is 10.6 Å². The van der Waals surface area contributed by atoms with Crippen LogP contribution in [-0.2, 0) is 57.7 Å². The molecule has 0 spiro atoms. The van der Waals surface area contributed by atoms with Crippen LogP contribution in [-0.4, -0.2) is 117 Å². The molecule has 3 rings (SSSR count). The Kier molecular flexibility index (Phi) is 32.3. The number of benzene rings is 2. The van der Waals surface area contributed by atoms with E-state index in [1.165, 1.54) is 19.2 Å². The third-order valence-electron chi connectivity index (χ3n) is 14.1. The molecular formula is C61H94N9O14+. The van der Waals surface area contributed by atoms with E-state index in [2.05, 4.69) is 26.4 Å². The number of esters is 1. The van der Waals surface area contributed by atoms with Gasteiger partial charge in [0.2, 0.25) is 17.2 Å². The molecule has 1 heterocycles.